The Morgan fingerprint density at radius 3 is 2.56 bits per heavy atom. The van der Waals surface area contributed by atoms with Crippen molar-refractivity contribution in [2.75, 3.05) is 5.32 Å². The van der Waals surface area contributed by atoms with Crippen LogP contribution in [0.2, 0.25) is 0 Å². The molecule has 0 aliphatic heterocycles. The third-order valence-electron chi connectivity index (χ3n) is 2.77. The summed E-state index contributed by atoms with van der Waals surface area (Å²) in [5.41, 5.74) is 1.04. The molecule has 0 aliphatic carbocycles. The monoisotopic (exact) mass is 260 g/mol. The Bertz CT molecular complexity index is 494. The highest BCUT2D eigenvalue weighted by Gasteiger charge is 2.24. The predicted molar refractivity (Wildman–Crippen MR) is 74.8 cm³/mol. The number of carbonyl (C=O) groups excluding carboxylic acids is 1. The van der Waals surface area contributed by atoms with E-state index >= 15 is 0 Å². The van der Waals surface area contributed by atoms with Gasteiger partial charge in [0.15, 0.2) is 5.13 Å². The van der Waals surface area contributed by atoms with Crippen LogP contribution in [0.4, 0.5) is 5.13 Å². The van der Waals surface area contributed by atoms with Gasteiger partial charge in [0, 0.05) is 11.6 Å². The van der Waals surface area contributed by atoms with Gasteiger partial charge < -0.3 is 5.32 Å². The first-order valence-corrected chi connectivity index (χ1v) is 6.81. The number of hydrogen-bond donors (Lipinski definition) is 1. The third kappa shape index (κ3) is 2.96. The topological polar surface area (TPSA) is 42.0 Å². The van der Waals surface area contributed by atoms with Crippen molar-refractivity contribution in [3.8, 4) is 0 Å². The maximum absolute atomic E-state index is 12.3. The molecule has 94 valence electrons. The van der Waals surface area contributed by atoms with Gasteiger partial charge in [-0.2, -0.15) is 0 Å². The molecule has 0 saturated carbocycles. The lowest BCUT2D eigenvalue weighted by Gasteiger charge is -2.19. The molecule has 0 spiro atoms. The van der Waals surface area contributed by atoms with Crippen LogP contribution in [-0.4, -0.2) is 10.9 Å². The molecule has 2 aromatic rings. The summed E-state index contributed by atoms with van der Waals surface area (Å²) >= 11 is 1.43. The van der Waals surface area contributed by atoms with E-state index in [0.717, 1.165) is 5.56 Å². The molecule has 1 N–H and O–H groups in total. The van der Waals surface area contributed by atoms with Gasteiger partial charge in [-0.25, -0.2) is 4.98 Å². The molecule has 3 nitrogen and oxygen atoms in total. The number of nitrogens with one attached hydrogen (secondary N) is 1. The zero-order valence-electron chi connectivity index (χ0n) is 10.5. The second kappa shape index (κ2) is 5.78. The van der Waals surface area contributed by atoms with Crippen LogP contribution in [0.1, 0.15) is 25.3 Å². The fraction of sp³-hybridized carbons (Fsp3) is 0.286. The van der Waals surface area contributed by atoms with E-state index in [1.54, 1.807) is 6.20 Å². The third-order valence-corrected chi connectivity index (χ3v) is 3.46. The standard InChI is InChI=1S/C14H16N2OS/c1-10(2)12(11-6-4-3-5-7-11)13(17)16-14-15-8-9-18-14/h3-10,12H,1-2H3,(H,15,16,17)/t12-/m0/s1. The molecule has 0 bridgehead atoms. The van der Waals surface area contributed by atoms with Crippen LogP contribution in [0.15, 0.2) is 41.9 Å². The molecule has 4 heteroatoms. The van der Waals surface area contributed by atoms with Crippen molar-refractivity contribution in [1.29, 1.82) is 0 Å². The van der Waals surface area contributed by atoms with Crippen molar-refractivity contribution in [1.82, 2.24) is 4.98 Å². The van der Waals surface area contributed by atoms with Gasteiger partial charge in [0.2, 0.25) is 5.91 Å². The van der Waals surface area contributed by atoms with Crippen molar-refractivity contribution >= 4 is 22.4 Å². The molecule has 18 heavy (non-hydrogen) atoms. The number of rotatable bonds is 4. The molecule has 0 saturated heterocycles. The van der Waals surface area contributed by atoms with Crippen LogP contribution in [0.5, 0.6) is 0 Å². The summed E-state index contributed by atoms with van der Waals surface area (Å²) in [5, 5.41) is 5.37. The fourth-order valence-electron chi connectivity index (χ4n) is 1.97. The second-order valence-electron chi connectivity index (χ2n) is 4.46. The number of anilines is 1. The number of thiazole rings is 1. The van der Waals surface area contributed by atoms with Crippen molar-refractivity contribution in [3.05, 3.63) is 47.5 Å². The highest BCUT2D eigenvalue weighted by Crippen LogP contribution is 2.26. The first-order chi connectivity index (χ1) is 8.68. The van der Waals surface area contributed by atoms with E-state index in [1.165, 1.54) is 11.3 Å². The normalized spacial score (nSPS) is 12.4. The van der Waals surface area contributed by atoms with Crippen LogP contribution in [-0.2, 0) is 4.79 Å². The maximum Gasteiger partial charge on any atom is 0.233 e. The van der Waals surface area contributed by atoms with Crippen molar-refractivity contribution in [3.63, 3.8) is 0 Å². The lowest BCUT2D eigenvalue weighted by atomic mass is 9.88. The number of hydrogen-bond acceptors (Lipinski definition) is 3. The molecule has 0 unspecified atom stereocenters. The Balaban J connectivity index is 2.18. The molecule has 1 aromatic carbocycles. The van der Waals surface area contributed by atoms with Gasteiger partial charge in [0.05, 0.1) is 5.92 Å². The molecule has 1 heterocycles. The molecule has 0 fully saturated rings. The van der Waals surface area contributed by atoms with Gasteiger partial charge in [-0.15, -0.1) is 11.3 Å². The fourth-order valence-corrected chi connectivity index (χ4v) is 2.50. The first kappa shape index (κ1) is 12.8. The number of amides is 1. The average molecular weight is 260 g/mol. The summed E-state index contributed by atoms with van der Waals surface area (Å²) in [6, 6.07) is 9.86. The number of carbonyl (C=O) groups is 1. The highest BCUT2D eigenvalue weighted by atomic mass is 32.1. The smallest absolute Gasteiger partial charge is 0.233 e. The largest absolute Gasteiger partial charge is 0.301 e. The Morgan fingerprint density at radius 1 is 1.28 bits per heavy atom. The van der Waals surface area contributed by atoms with Gasteiger partial charge in [0.25, 0.3) is 0 Å². The van der Waals surface area contributed by atoms with E-state index in [1.807, 2.05) is 35.7 Å². The molecule has 1 amide bonds. The van der Waals surface area contributed by atoms with Crippen molar-refractivity contribution < 1.29 is 4.79 Å². The van der Waals surface area contributed by atoms with Gasteiger partial charge in [-0.3, -0.25) is 4.79 Å². The minimum Gasteiger partial charge on any atom is -0.301 e. The first-order valence-electron chi connectivity index (χ1n) is 5.94. The molecular formula is C14H16N2OS. The highest BCUT2D eigenvalue weighted by molar-refractivity contribution is 7.13. The maximum atomic E-state index is 12.3. The second-order valence-corrected chi connectivity index (χ2v) is 5.35. The van der Waals surface area contributed by atoms with Crippen LogP contribution >= 0.6 is 11.3 Å². The van der Waals surface area contributed by atoms with Crippen LogP contribution in [0.25, 0.3) is 0 Å². The molecule has 0 aliphatic rings. The van der Waals surface area contributed by atoms with Crippen molar-refractivity contribution in [2.24, 2.45) is 5.92 Å². The van der Waals surface area contributed by atoms with Crippen molar-refractivity contribution in [2.45, 2.75) is 19.8 Å². The van der Waals surface area contributed by atoms with Gasteiger partial charge in [0.1, 0.15) is 0 Å². The molecule has 0 radical (unpaired) electrons. The van der Waals surface area contributed by atoms with E-state index in [4.69, 9.17) is 0 Å². The number of nitrogens with zero attached hydrogens (tertiary/aromatic N) is 1. The Kier molecular flexibility index (Phi) is 4.10. The van der Waals surface area contributed by atoms with E-state index in [2.05, 4.69) is 24.1 Å². The lowest BCUT2D eigenvalue weighted by molar-refractivity contribution is -0.118. The van der Waals surface area contributed by atoms with Gasteiger partial charge >= 0.3 is 0 Å². The molecule has 1 aromatic heterocycles. The van der Waals surface area contributed by atoms with Crippen LogP contribution in [0.3, 0.4) is 0 Å². The Morgan fingerprint density at radius 2 is 2.00 bits per heavy atom. The summed E-state index contributed by atoms with van der Waals surface area (Å²) < 4.78 is 0. The molecule has 2 rings (SSSR count). The molecular weight excluding hydrogens is 244 g/mol. The number of benzene rings is 1. The minimum atomic E-state index is -0.143. The zero-order valence-corrected chi connectivity index (χ0v) is 11.3. The summed E-state index contributed by atoms with van der Waals surface area (Å²) in [5.74, 6) is 0.105. The Labute approximate surface area is 111 Å². The summed E-state index contributed by atoms with van der Waals surface area (Å²) in [6.45, 7) is 4.11. The minimum absolute atomic E-state index is 0.00569. The Hall–Kier alpha value is -1.68. The quantitative estimate of drug-likeness (QED) is 0.913. The van der Waals surface area contributed by atoms with E-state index in [0.29, 0.717) is 5.13 Å². The lowest BCUT2D eigenvalue weighted by Crippen LogP contribution is -2.25. The predicted octanol–water partition coefficient (Wildman–Crippen LogP) is 3.52. The summed E-state index contributed by atoms with van der Waals surface area (Å²) in [4.78, 5) is 16.4. The average Bonchev–Trinajstić information content (AvgIpc) is 2.83. The van der Waals surface area contributed by atoms with E-state index in [-0.39, 0.29) is 17.7 Å². The van der Waals surface area contributed by atoms with E-state index < -0.39 is 0 Å². The summed E-state index contributed by atoms with van der Waals surface area (Å²) in [7, 11) is 0. The van der Waals surface area contributed by atoms with Crippen LogP contribution < -0.4 is 5.32 Å². The summed E-state index contributed by atoms with van der Waals surface area (Å²) in [6.07, 6.45) is 1.69. The van der Waals surface area contributed by atoms with Gasteiger partial charge in [-0.1, -0.05) is 44.2 Å². The zero-order chi connectivity index (χ0) is 13.0. The molecule has 1 atom stereocenters. The number of aromatic nitrogens is 1. The van der Waals surface area contributed by atoms with Gasteiger partial charge in [-0.05, 0) is 11.5 Å². The SMILES string of the molecule is CC(C)[C@H](C(=O)Nc1nccs1)c1ccccc1. The van der Waals surface area contributed by atoms with E-state index in [9.17, 15) is 4.79 Å². The van der Waals surface area contributed by atoms with Crippen LogP contribution in [0, 0.1) is 5.92 Å².